The molecule has 0 aromatic heterocycles. The van der Waals surface area contributed by atoms with Crippen LogP contribution >= 0.6 is 23.2 Å². The minimum absolute atomic E-state index is 0.0614. The molecular formula is C16H17Cl2NO5S. The summed E-state index contributed by atoms with van der Waals surface area (Å²) in [7, 11) is -1.59. The van der Waals surface area contributed by atoms with Gasteiger partial charge >= 0.3 is 5.97 Å². The molecule has 25 heavy (non-hydrogen) atoms. The zero-order valence-electron chi connectivity index (χ0n) is 13.4. The Kier molecular flexibility index (Phi) is 6.48. The maximum absolute atomic E-state index is 12.0. The van der Waals surface area contributed by atoms with Crippen LogP contribution in [0.15, 0.2) is 24.3 Å². The number of benzene rings is 1. The zero-order valence-corrected chi connectivity index (χ0v) is 15.8. The number of sulfone groups is 1. The molecule has 1 aromatic carbocycles. The monoisotopic (exact) mass is 405 g/mol. The van der Waals surface area contributed by atoms with Crippen LogP contribution in [0.25, 0.3) is 6.08 Å². The summed E-state index contributed by atoms with van der Waals surface area (Å²) >= 11 is 12.0. The van der Waals surface area contributed by atoms with E-state index in [-0.39, 0.29) is 17.5 Å². The number of amides is 1. The molecular weight excluding hydrogens is 389 g/mol. The highest BCUT2D eigenvalue weighted by molar-refractivity contribution is 7.91. The molecule has 6 nitrogen and oxygen atoms in total. The fraction of sp³-hybridized carbons (Fsp3) is 0.375. The molecule has 1 aliphatic rings. The molecule has 0 aliphatic carbocycles. The highest BCUT2D eigenvalue weighted by Crippen LogP contribution is 2.25. The van der Waals surface area contributed by atoms with Gasteiger partial charge < -0.3 is 9.64 Å². The third-order valence-electron chi connectivity index (χ3n) is 3.87. The van der Waals surface area contributed by atoms with Crippen molar-refractivity contribution in [2.75, 3.05) is 25.2 Å². The molecule has 1 aromatic rings. The van der Waals surface area contributed by atoms with Crippen molar-refractivity contribution in [1.29, 1.82) is 0 Å². The number of hydrogen-bond donors (Lipinski definition) is 0. The Morgan fingerprint density at radius 2 is 1.96 bits per heavy atom. The van der Waals surface area contributed by atoms with Gasteiger partial charge in [-0.15, -0.1) is 0 Å². The minimum Gasteiger partial charge on any atom is -0.452 e. The number of rotatable bonds is 5. The first-order valence-corrected chi connectivity index (χ1v) is 10.0. The second-order valence-corrected chi connectivity index (χ2v) is 8.68. The summed E-state index contributed by atoms with van der Waals surface area (Å²) in [6, 6.07) is 4.56. The molecule has 1 saturated heterocycles. The van der Waals surface area contributed by atoms with Crippen LogP contribution < -0.4 is 0 Å². The Balaban J connectivity index is 1.87. The molecule has 1 aliphatic heterocycles. The largest absolute Gasteiger partial charge is 0.452 e. The number of ether oxygens (including phenoxy) is 1. The Hall–Kier alpha value is -1.57. The van der Waals surface area contributed by atoms with E-state index in [1.165, 1.54) is 18.0 Å². The van der Waals surface area contributed by atoms with E-state index < -0.39 is 28.3 Å². The van der Waals surface area contributed by atoms with E-state index in [0.717, 1.165) is 6.08 Å². The summed E-state index contributed by atoms with van der Waals surface area (Å²) in [4.78, 5) is 25.1. The average Bonchev–Trinajstić information content (AvgIpc) is 2.91. The molecule has 9 heteroatoms. The molecule has 2 rings (SSSR count). The molecule has 1 atom stereocenters. The van der Waals surface area contributed by atoms with Crippen LogP contribution in [0.4, 0.5) is 0 Å². The van der Waals surface area contributed by atoms with Gasteiger partial charge in [0.2, 0.25) is 0 Å². The van der Waals surface area contributed by atoms with Gasteiger partial charge in [0.25, 0.3) is 5.91 Å². The quantitative estimate of drug-likeness (QED) is 0.553. The molecule has 1 fully saturated rings. The molecule has 1 amide bonds. The van der Waals surface area contributed by atoms with Crippen LogP contribution in [0.5, 0.6) is 0 Å². The van der Waals surface area contributed by atoms with Crippen molar-refractivity contribution >= 4 is 51.0 Å². The smallest absolute Gasteiger partial charge is 0.331 e. The van der Waals surface area contributed by atoms with Crippen LogP contribution in [-0.4, -0.2) is 56.4 Å². The lowest BCUT2D eigenvalue weighted by atomic mass is 10.2. The first-order chi connectivity index (χ1) is 11.7. The Labute approximate surface area is 156 Å². The number of esters is 1. The van der Waals surface area contributed by atoms with E-state index in [1.54, 1.807) is 18.2 Å². The van der Waals surface area contributed by atoms with Crippen LogP contribution in [0.1, 0.15) is 12.0 Å². The van der Waals surface area contributed by atoms with Gasteiger partial charge in [0, 0.05) is 34.8 Å². The molecule has 136 valence electrons. The van der Waals surface area contributed by atoms with Gasteiger partial charge in [-0.05, 0) is 24.6 Å². The topological polar surface area (TPSA) is 80.8 Å². The lowest BCUT2D eigenvalue weighted by molar-refractivity contribution is -0.148. The van der Waals surface area contributed by atoms with Crippen molar-refractivity contribution < 1.29 is 22.7 Å². The van der Waals surface area contributed by atoms with Crippen LogP contribution in [0.3, 0.4) is 0 Å². The maximum Gasteiger partial charge on any atom is 0.331 e. The fourth-order valence-electron chi connectivity index (χ4n) is 2.39. The summed E-state index contributed by atoms with van der Waals surface area (Å²) in [5, 5.41) is 0.768. The summed E-state index contributed by atoms with van der Waals surface area (Å²) in [5.74, 6) is -1.18. The summed E-state index contributed by atoms with van der Waals surface area (Å²) < 4.78 is 27.8. The molecule has 0 bridgehead atoms. The van der Waals surface area contributed by atoms with Crippen molar-refractivity contribution in [3.05, 3.63) is 39.9 Å². The zero-order chi connectivity index (χ0) is 18.6. The van der Waals surface area contributed by atoms with Crippen LogP contribution in [-0.2, 0) is 24.2 Å². The highest BCUT2D eigenvalue weighted by Gasteiger charge is 2.32. The number of carbonyl (C=O) groups is 2. The number of likely N-dealkylation sites (N-methyl/N-ethyl adjacent to an activating group) is 1. The summed E-state index contributed by atoms with van der Waals surface area (Å²) in [6.45, 7) is -0.466. The second-order valence-electron chi connectivity index (χ2n) is 5.64. The molecule has 0 N–H and O–H groups in total. The average molecular weight is 406 g/mol. The van der Waals surface area contributed by atoms with E-state index in [9.17, 15) is 18.0 Å². The Bertz CT molecular complexity index is 786. The third-order valence-corrected chi connectivity index (χ3v) is 6.28. The first-order valence-electron chi connectivity index (χ1n) is 7.44. The van der Waals surface area contributed by atoms with Crippen molar-refractivity contribution in [3.63, 3.8) is 0 Å². The van der Waals surface area contributed by atoms with Crippen molar-refractivity contribution in [3.8, 4) is 0 Å². The van der Waals surface area contributed by atoms with Gasteiger partial charge in [-0.2, -0.15) is 0 Å². The Morgan fingerprint density at radius 3 is 2.52 bits per heavy atom. The predicted molar refractivity (Wildman–Crippen MR) is 96.3 cm³/mol. The molecule has 0 saturated carbocycles. The number of halogens is 2. The van der Waals surface area contributed by atoms with Crippen molar-refractivity contribution in [2.24, 2.45) is 0 Å². The van der Waals surface area contributed by atoms with Crippen LogP contribution in [0.2, 0.25) is 10.0 Å². The Morgan fingerprint density at radius 1 is 1.32 bits per heavy atom. The summed E-state index contributed by atoms with van der Waals surface area (Å²) in [5.41, 5.74) is 0.474. The predicted octanol–water partition coefficient (Wildman–Crippen LogP) is 2.20. The molecule has 0 radical (unpaired) electrons. The van der Waals surface area contributed by atoms with E-state index in [4.69, 9.17) is 27.9 Å². The van der Waals surface area contributed by atoms with Gasteiger partial charge in [-0.1, -0.05) is 29.3 Å². The van der Waals surface area contributed by atoms with E-state index in [1.807, 2.05) is 0 Å². The van der Waals surface area contributed by atoms with Gasteiger partial charge in [0.15, 0.2) is 16.4 Å². The third kappa shape index (κ3) is 5.45. The SMILES string of the molecule is CN(C(=O)COC(=O)/C=C/c1c(Cl)cccc1Cl)[C@H]1CCS(=O)(=O)C1. The molecule has 1 heterocycles. The van der Waals surface area contributed by atoms with E-state index in [2.05, 4.69) is 0 Å². The summed E-state index contributed by atoms with van der Waals surface area (Å²) in [6.07, 6.45) is 2.93. The van der Waals surface area contributed by atoms with Gasteiger partial charge in [0.05, 0.1) is 11.5 Å². The van der Waals surface area contributed by atoms with Gasteiger partial charge in [0.1, 0.15) is 0 Å². The van der Waals surface area contributed by atoms with E-state index in [0.29, 0.717) is 22.0 Å². The lowest BCUT2D eigenvalue weighted by Crippen LogP contribution is -2.40. The van der Waals surface area contributed by atoms with Crippen molar-refractivity contribution in [1.82, 2.24) is 4.90 Å². The maximum atomic E-state index is 12.0. The minimum atomic E-state index is -3.09. The number of carbonyl (C=O) groups excluding carboxylic acids is 2. The molecule has 0 spiro atoms. The second kappa shape index (κ2) is 8.21. The standard InChI is InChI=1S/C16H17Cl2NO5S/c1-19(11-7-8-25(22,23)10-11)15(20)9-24-16(21)6-5-12-13(17)3-2-4-14(12)18/h2-6,11H,7-10H2,1H3/b6-5+/t11-/m0/s1. The fourth-order valence-corrected chi connectivity index (χ4v) is 4.69. The number of nitrogens with zero attached hydrogens (tertiary/aromatic N) is 1. The first kappa shape index (κ1) is 19.8. The normalized spacial score (nSPS) is 19.1. The van der Waals surface area contributed by atoms with Gasteiger partial charge in [-0.3, -0.25) is 4.79 Å². The number of hydrogen-bond acceptors (Lipinski definition) is 5. The van der Waals surface area contributed by atoms with E-state index >= 15 is 0 Å². The lowest BCUT2D eigenvalue weighted by Gasteiger charge is -2.22. The van der Waals surface area contributed by atoms with Crippen molar-refractivity contribution in [2.45, 2.75) is 12.5 Å². The highest BCUT2D eigenvalue weighted by atomic mass is 35.5. The van der Waals surface area contributed by atoms with Gasteiger partial charge in [-0.25, -0.2) is 13.2 Å². The van der Waals surface area contributed by atoms with Crippen LogP contribution in [0, 0.1) is 0 Å². The molecule has 0 unspecified atom stereocenters.